The minimum atomic E-state index is -4.84. The van der Waals surface area contributed by atoms with Gasteiger partial charge in [-0.1, -0.05) is 46.8 Å². The number of nitrogens with zero attached hydrogens (tertiary/aromatic N) is 1. The van der Waals surface area contributed by atoms with Gasteiger partial charge in [-0.15, -0.1) is 0 Å². The van der Waals surface area contributed by atoms with Crippen molar-refractivity contribution in [1.82, 2.24) is 4.98 Å². The average molecular weight is 662 g/mol. The second-order valence-corrected chi connectivity index (χ2v) is 12.4. The second-order valence-electron chi connectivity index (χ2n) is 9.84. The van der Waals surface area contributed by atoms with Crippen LogP contribution in [-0.2, 0) is 20.6 Å². The quantitative estimate of drug-likeness (QED) is 0.181. The number of anilines is 2. The summed E-state index contributed by atoms with van der Waals surface area (Å²) in [6.07, 6.45) is -4.84. The molecule has 2 aliphatic heterocycles. The number of phenolic OH excluding ortho intramolecular Hbond substituents is 1. The number of benzene rings is 3. The number of halogens is 4. The Kier molecular flexibility index (Phi) is 7.68. The maximum Gasteiger partial charge on any atom is 0.418 e. The minimum Gasteiger partial charge on any atom is -0.508 e. The number of alkyl halides is 3. The number of aromatic nitrogens is 1. The Morgan fingerprint density at radius 3 is 2.50 bits per heavy atom. The maximum atomic E-state index is 14.0. The van der Waals surface area contributed by atoms with E-state index in [4.69, 9.17) is 16.3 Å². The number of fused-ring (bicyclic) bond motifs is 2. The number of H-pyrrole nitrogens is 1. The number of aromatic hydroxyl groups is 1. The van der Waals surface area contributed by atoms with Crippen LogP contribution in [0.4, 0.5) is 24.5 Å². The predicted octanol–water partition coefficient (Wildman–Crippen LogP) is 5.63. The molecule has 1 fully saturated rings. The molecule has 1 saturated heterocycles. The topological polar surface area (TPSA) is 129 Å². The Morgan fingerprint density at radius 1 is 1.05 bits per heavy atom. The molecule has 15 heteroatoms. The molecule has 0 bridgehead atoms. The van der Waals surface area contributed by atoms with Crippen molar-refractivity contribution < 1.29 is 37.4 Å². The molecule has 0 saturated carbocycles. The van der Waals surface area contributed by atoms with E-state index in [9.17, 15) is 37.5 Å². The lowest BCUT2D eigenvalue weighted by molar-refractivity contribution is -0.137. The lowest BCUT2D eigenvalue weighted by atomic mass is 9.82. The van der Waals surface area contributed by atoms with Crippen molar-refractivity contribution in [3.05, 3.63) is 97.4 Å². The van der Waals surface area contributed by atoms with Gasteiger partial charge in [0.25, 0.3) is 5.91 Å². The fraction of sp³-hybridized carbons (Fsp3) is 0.172. The van der Waals surface area contributed by atoms with Crippen LogP contribution in [0.1, 0.15) is 21.9 Å². The molecular weight excluding hydrogens is 643 g/mol. The Morgan fingerprint density at radius 2 is 1.77 bits per heavy atom. The Hall–Kier alpha value is -4.27. The number of rotatable bonds is 6. The SMILES string of the molecule is O=C(COc1ccc(Cl)cc1[C@@H]1c2sc(=O)[nH]c2S[C@H]2C(=O)N(c3ccccc3C(F)(F)F)C(=O)[C@@H]12)Nc1ccc(O)cc1. The summed E-state index contributed by atoms with van der Waals surface area (Å²) < 4.78 is 47.6. The van der Waals surface area contributed by atoms with Gasteiger partial charge in [0, 0.05) is 27.1 Å². The van der Waals surface area contributed by atoms with E-state index in [1.807, 2.05) is 0 Å². The highest BCUT2D eigenvalue weighted by molar-refractivity contribution is 8.00. The van der Waals surface area contributed by atoms with Crippen molar-refractivity contribution in [3.8, 4) is 11.5 Å². The molecule has 0 aliphatic carbocycles. The third kappa shape index (κ3) is 5.44. The van der Waals surface area contributed by atoms with Crippen molar-refractivity contribution in [3.63, 3.8) is 0 Å². The van der Waals surface area contributed by atoms with Crippen LogP contribution in [0.3, 0.4) is 0 Å². The van der Waals surface area contributed by atoms with E-state index in [0.717, 1.165) is 41.3 Å². The molecule has 6 rings (SSSR count). The number of thioether (sulfide) groups is 1. The number of imide groups is 1. The van der Waals surface area contributed by atoms with Gasteiger partial charge < -0.3 is 20.1 Å². The van der Waals surface area contributed by atoms with Crippen LogP contribution < -0.4 is 19.8 Å². The lowest BCUT2D eigenvalue weighted by Gasteiger charge is -2.31. The highest BCUT2D eigenvalue weighted by Crippen LogP contribution is 2.55. The number of phenols is 1. The molecule has 1 aromatic heterocycles. The van der Waals surface area contributed by atoms with E-state index in [0.29, 0.717) is 20.5 Å². The highest BCUT2D eigenvalue weighted by Gasteiger charge is 2.57. The number of ether oxygens (including phenoxy) is 1. The first-order chi connectivity index (χ1) is 20.9. The van der Waals surface area contributed by atoms with Gasteiger partial charge in [0.1, 0.15) is 16.7 Å². The van der Waals surface area contributed by atoms with Gasteiger partial charge in [-0.2, -0.15) is 13.2 Å². The number of hydrogen-bond donors (Lipinski definition) is 3. The Labute approximate surface area is 259 Å². The number of carbonyl (C=O) groups excluding carboxylic acids is 3. The zero-order chi connectivity index (χ0) is 31.3. The Balaban J connectivity index is 1.38. The molecule has 3 amide bonds. The third-order valence-corrected chi connectivity index (χ3v) is 9.73. The molecular formula is C29H19ClF3N3O6S2. The summed E-state index contributed by atoms with van der Waals surface area (Å²) in [6.45, 7) is -0.487. The summed E-state index contributed by atoms with van der Waals surface area (Å²) in [5, 5.41) is 11.4. The van der Waals surface area contributed by atoms with E-state index in [2.05, 4.69) is 10.3 Å². The van der Waals surface area contributed by atoms with Crippen LogP contribution in [0.15, 0.2) is 76.6 Å². The molecule has 0 radical (unpaired) electrons. The zero-order valence-corrected chi connectivity index (χ0v) is 24.4. The molecule has 2 aliphatic rings. The fourth-order valence-corrected chi connectivity index (χ4v) is 7.96. The molecule has 4 aromatic rings. The number of amides is 3. The fourth-order valence-electron chi connectivity index (χ4n) is 5.28. The molecule has 44 heavy (non-hydrogen) atoms. The number of para-hydroxylation sites is 1. The molecule has 3 N–H and O–H groups in total. The molecule has 0 spiro atoms. The molecule has 9 nitrogen and oxygen atoms in total. The zero-order valence-electron chi connectivity index (χ0n) is 22.1. The summed E-state index contributed by atoms with van der Waals surface area (Å²) in [5.41, 5.74) is -1.06. The number of carbonyl (C=O) groups is 3. The minimum absolute atomic E-state index is 0.0147. The van der Waals surface area contributed by atoms with Crippen LogP contribution in [0, 0.1) is 5.92 Å². The largest absolute Gasteiger partial charge is 0.508 e. The summed E-state index contributed by atoms with van der Waals surface area (Å²) in [4.78, 5) is 55.9. The summed E-state index contributed by atoms with van der Waals surface area (Å²) in [6, 6.07) is 14.5. The van der Waals surface area contributed by atoms with Crippen LogP contribution in [0.5, 0.6) is 11.5 Å². The third-order valence-electron chi connectivity index (χ3n) is 7.09. The van der Waals surface area contributed by atoms with Crippen molar-refractivity contribution >= 4 is 63.8 Å². The van der Waals surface area contributed by atoms with Gasteiger partial charge in [0.15, 0.2) is 6.61 Å². The van der Waals surface area contributed by atoms with Gasteiger partial charge in [-0.25, -0.2) is 4.90 Å². The number of thiazole rings is 1. The van der Waals surface area contributed by atoms with E-state index in [1.54, 1.807) is 0 Å². The van der Waals surface area contributed by atoms with Crippen molar-refractivity contribution in [1.29, 1.82) is 0 Å². The smallest absolute Gasteiger partial charge is 0.418 e. The van der Waals surface area contributed by atoms with Gasteiger partial charge in [-0.3, -0.25) is 19.2 Å². The molecule has 3 aromatic carbocycles. The first-order valence-electron chi connectivity index (χ1n) is 12.9. The van der Waals surface area contributed by atoms with Crippen LogP contribution in [0.25, 0.3) is 0 Å². The van der Waals surface area contributed by atoms with E-state index < -0.39 is 63.7 Å². The predicted molar refractivity (Wildman–Crippen MR) is 158 cm³/mol. The van der Waals surface area contributed by atoms with Crippen LogP contribution in [-0.4, -0.2) is 39.7 Å². The second kappa shape index (κ2) is 11.3. The summed E-state index contributed by atoms with van der Waals surface area (Å²) in [5.74, 6) is -4.40. The summed E-state index contributed by atoms with van der Waals surface area (Å²) >= 11 is 8.05. The number of aromatic amines is 1. The van der Waals surface area contributed by atoms with Crippen molar-refractivity contribution in [2.45, 2.75) is 22.4 Å². The van der Waals surface area contributed by atoms with E-state index in [1.165, 1.54) is 48.5 Å². The standard InChI is InChI=1S/C29H19ClF3N3O6S2/c30-13-5-10-19(42-12-20(38)34-14-6-8-15(37)9-7-14)16(11-13)21-22-24(43-25-23(21)44-28(41)35-25)27(40)36(26(22)39)18-4-2-1-3-17(18)29(31,32)33/h1-11,21-22,24,37H,12H2,(H,34,38)(H,35,41)/t21-,22-,24+/m0/s1. The summed E-state index contributed by atoms with van der Waals surface area (Å²) in [7, 11) is 0. The monoisotopic (exact) mass is 661 g/mol. The van der Waals surface area contributed by atoms with Crippen LogP contribution >= 0.6 is 34.7 Å². The average Bonchev–Trinajstić information content (AvgIpc) is 3.47. The maximum absolute atomic E-state index is 14.0. The normalized spacial score (nSPS) is 19.5. The first kappa shape index (κ1) is 29.8. The number of hydrogen-bond acceptors (Lipinski definition) is 8. The van der Waals surface area contributed by atoms with Gasteiger partial charge >= 0.3 is 11.0 Å². The van der Waals surface area contributed by atoms with Gasteiger partial charge in [0.2, 0.25) is 11.8 Å². The lowest BCUT2D eigenvalue weighted by Crippen LogP contribution is -2.33. The molecule has 0 unspecified atom stereocenters. The highest BCUT2D eigenvalue weighted by atomic mass is 35.5. The van der Waals surface area contributed by atoms with Gasteiger partial charge in [0.05, 0.1) is 22.2 Å². The van der Waals surface area contributed by atoms with Crippen molar-refractivity contribution in [2.75, 3.05) is 16.8 Å². The molecule has 226 valence electrons. The molecule has 3 heterocycles. The van der Waals surface area contributed by atoms with Crippen molar-refractivity contribution in [2.24, 2.45) is 5.92 Å². The number of nitrogens with one attached hydrogen (secondary N) is 2. The van der Waals surface area contributed by atoms with Crippen LogP contribution in [0.2, 0.25) is 5.02 Å². The first-order valence-corrected chi connectivity index (χ1v) is 14.9. The van der Waals surface area contributed by atoms with Gasteiger partial charge in [-0.05, 0) is 54.6 Å². The van der Waals surface area contributed by atoms with E-state index in [-0.39, 0.29) is 22.1 Å². The Bertz CT molecular complexity index is 1860. The molecule has 3 atom stereocenters. The van der Waals surface area contributed by atoms with E-state index >= 15 is 0 Å².